The second kappa shape index (κ2) is 5.46. The van der Waals surface area contributed by atoms with Crippen molar-refractivity contribution in [2.75, 3.05) is 26.3 Å². The van der Waals surface area contributed by atoms with Gasteiger partial charge in [0, 0.05) is 19.3 Å². The van der Waals surface area contributed by atoms with Crippen molar-refractivity contribution < 1.29 is 14.4 Å². The largest absolute Gasteiger partial charge is 0.619 e. The van der Waals surface area contributed by atoms with Gasteiger partial charge in [-0.1, -0.05) is 0 Å². The van der Waals surface area contributed by atoms with E-state index in [-0.39, 0.29) is 5.69 Å². The third-order valence-corrected chi connectivity index (χ3v) is 2.65. The molecule has 0 amide bonds. The highest BCUT2D eigenvalue weighted by atomic mass is 16.6. The van der Waals surface area contributed by atoms with Gasteiger partial charge in [0.25, 0.3) is 5.69 Å². The molecule has 1 fully saturated rings. The Hall–Kier alpha value is -2.15. The van der Waals surface area contributed by atoms with E-state index in [9.17, 15) is 15.3 Å². The molecule has 1 aliphatic heterocycles. The average molecular weight is 251 g/mol. The first kappa shape index (κ1) is 12.3. The van der Waals surface area contributed by atoms with Crippen molar-refractivity contribution in [2.45, 2.75) is 0 Å². The first-order valence-corrected chi connectivity index (χ1v) is 5.54. The summed E-state index contributed by atoms with van der Waals surface area (Å²) >= 11 is 0. The maximum absolute atomic E-state index is 11.1. The van der Waals surface area contributed by atoms with Gasteiger partial charge in [-0.25, -0.2) is 0 Å². The summed E-state index contributed by atoms with van der Waals surface area (Å²) in [7, 11) is 0. The number of hydrogen-bond donors (Lipinski definition) is 0. The molecule has 2 rings (SSSR count). The molecule has 96 valence electrons. The van der Waals surface area contributed by atoms with Crippen molar-refractivity contribution in [1.29, 1.82) is 0 Å². The van der Waals surface area contributed by atoms with E-state index in [2.05, 4.69) is 0 Å². The van der Waals surface area contributed by atoms with Crippen LogP contribution in [-0.4, -0.2) is 36.1 Å². The summed E-state index contributed by atoms with van der Waals surface area (Å²) in [5.74, 6) is 0. The molecule has 7 nitrogen and oxygen atoms in total. The van der Waals surface area contributed by atoms with Gasteiger partial charge in [0.1, 0.15) is 5.56 Å². The highest BCUT2D eigenvalue weighted by molar-refractivity contribution is 5.58. The molecule has 0 aromatic carbocycles. The van der Waals surface area contributed by atoms with Crippen molar-refractivity contribution in [3.05, 3.63) is 45.5 Å². The first-order valence-electron chi connectivity index (χ1n) is 5.54. The van der Waals surface area contributed by atoms with E-state index in [1.165, 1.54) is 12.3 Å². The van der Waals surface area contributed by atoms with Crippen molar-refractivity contribution >= 4 is 11.8 Å². The van der Waals surface area contributed by atoms with Gasteiger partial charge in [-0.05, 0) is 6.08 Å². The van der Waals surface area contributed by atoms with E-state index in [0.29, 0.717) is 23.5 Å². The molecule has 0 unspecified atom stereocenters. The first-order chi connectivity index (χ1) is 8.66. The molecule has 1 aromatic heterocycles. The second-order valence-corrected chi connectivity index (χ2v) is 3.87. The Morgan fingerprint density at radius 2 is 2.17 bits per heavy atom. The molecule has 2 heterocycles. The van der Waals surface area contributed by atoms with Crippen LogP contribution >= 0.6 is 0 Å². The summed E-state index contributed by atoms with van der Waals surface area (Å²) < 4.78 is 5.74. The lowest BCUT2D eigenvalue weighted by Gasteiger charge is -2.24. The molecule has 0 aliphatic carbocycles. The molecule has 1 aromatic rings. The van der Waals surface area contributed by atoms with Crippen molar-refractivity contribution in [3.63, 3.8) is 0 Å². The quantitative estimate of drug-likeness (QED) is 0.339. The van der Waals surface area contributed by atoms with Crippen molar-refractivity contribution in [2.24, 2.45) is 0 Å². The van der Waals surface area contributed by atoms with Crippen LogP contribution in [0.2, 0.25) is 0 Å². The Kier molecular flexibility index (Phi) is 3.73. The predicted molar refractivity (Wildman–Crippen MR) is 63.5 cm³/mol. The summed E-state index contributed by atoms with van der Waals surface area (Å²) in [6.45, 7) is 2.77. The minimum Gasteiger partial charge on any atom is -0.619 e. The number of hydrogen-bond acceptors (Lipinski definition) is 5. The van der Waals surface area contributed by atoms with E-state index in [1.54, 1.807) is 12.3 Å². The highest BCUT2D eigenvalue weighted by Crippen LogP contribution is 2.17. The Bertz CT molecular complexity index is 469. The van der Waals surface area contributed by atoms with Crippen LogP contribution in [-0.2, 0) is 4.74 Å². The molecule has 0 bridgehead atoms. The zero-order valence-corrected chi connectivity index (χ0v) is 9.69. The van der Waals surface area contributed by atoms with Gasteiger partial charge >= 0.3 is 0 Å². The number of aromatic nitrogens is 1. The van der Waals surface area contributed by atoms with Gasteiger partial charge < -0.3 is 14.8 Å². The zero-order valence-electron chi connectivity index (χ0n) is 9.69. The Morgan fingerprint density at radius 1 is 1.44 bits per heavy atom. The van der Waals surface area contributed by atoms with Crippen molar-refractivity contribution in [3.8, 4) is 0 Å². The molecule has 7 heteroatoms. The van der Waals surface area contributed by atoms with Crippen LogP contribution in [0.5, 0.6) is 0 Å². The van der Waals surface area contributed by atoms with Gasteiger partial charge in [0.15, 0.2) is 12.4 Å². The van der Waals surface area contributed by atoms with Gasteiger partial charge in [-0.15, -0.1) is 0 Å². The summed E-state index contributed by atoms with van der Waals surface area (Å²) in [4.78, 5) is 12.3. The Morgan fingerprint density at radius 3 is 2.83 bits per heavy atom. The molecule has 1 saturated heterocycles. The van der Waals surface area contributed by atoms with Crippen LogP contribution in [0.15, 0.2) is 24.7 Å². The number of pyridine rings is 1. The third-order valence-electron chi connectivity index (χ3n) is 2.65. The fraction of sp³-hybridized carbons (Fsp3) is 0.364. The molecule has 0 spiro atoms. The normalized spacial score (nSPS) is 16.1. The maximum atomic E-state index is 11.1. The van der Waals surface area contributed by atoms with E-state index in [1.807, 2.05) is 4.90 Å². The molecule has 1 aliphatic rings. The molecule has 0 saturated carbocycles. The number of nitro groups is 1. The fourth-order valence-electron chi connectivity index (χ4n) is 1.69. The highest BCUT2D eigenvalue weighted by Gasteiger charge is 2.15. The molecule has 18 heavy (non-hydrogen) atoms. The summed E-state index contributed by atoms with van der Waals surface area (Å²) in [5.41, 5.74) is 0.218. The standard InChI is InChI=1S/C11H13N3O4/c15-13-4-2-11(14(16)17)10(9-13)1-3-12-5-7-18-8-6-12/h1-4,9H,5-8H2/b3-1+. The molecule has 0 radical (unpaired) electrons. The summed E-state index contributed by atoms with van der Waals surface area (Å²) in [5, 5.41) is 22.0. The van der Waals surface area contributed by atoms with Gasteiger partial charge in [-0.3, -0.25) is 10.1 Å². The molecular weight excluding hydrogens is 238 g/mol. The predicted octanol–water partition coefficient (Wildman–Crippen LogP) is 0.531. The lowest BCUT2D eigenvalue weighted by atomic mass is 10.2. The maximum Gasteiger partial charge on any atom is 0.288 e. The SMILES string of the molecule is O=[N+]([O-])c1cc[n+]([O-])cc1/C=C/N1CCOCC1. The number of ether oxygens (including phenoxy) is 1. The van der Waals surface area contributed by atoms with E-state index in [4.69, 9.17) is 4.74 Å². The molecule has 0 N–H and O–H groups in total. The second-order valence-electron chi connectivity index (χ2n) is 3.87. The minimum absolute atomic E-state index is 0.0772. The van der Waals surface area contributed by atoms with E-state index in [0.717, 1.165) is 19.3 Å². The van der Waals surface area contributed by atoms with E-state index < -0.39 is 4.92 Å². The van der Waals surface area contributed by atoms with Gasteiger partial charge in [-0.2, -0.15) is 4.73 Å². The Balaban J connectivity index is 2.18. The number of morpholine rings is 1. The van der Waals surface area contributed by atoms with Crippen LogP contribution < -0.4 is 4.73 Å². The van der Waals surface area contributed by atoms with Gasteiger partial charge in [0.2, 0.25) is 0 Å². The topological polar surface area (TPSA) is 82.5 Å². The van der Waals surface area contributed by atoms with Crippen LogP contribution in [0.3, 0.4) is 0 Å². The van der Waals surface area contributed by atoms with Crippen LogP contribution in [0.25, 0.3) is 6.08 Å². The van der Waals surface area contributed by atoms with Crippen molar-refractivity contribution in [1.82, 2.24) is 4.90 Å². The third kappa shape index (κ3) is 2.95. The Labute approximate surface area is 104 Å². The van der Waals surface area contributed by atoms with Crippen LogP contribution in [0.4, 0.5) is 5.69 Å². The fourth-order valence-corrected chi connectivity index (χ4v) is 1.69. The molecular formula is C11H13N3O4. The van der Waals surface area contributed by atoms with E-state index >= 15 is 0 Å². The molecule has 0 atom stereocenters. The number of rotatable bonds is 3. The smallest absolute Gasteiger partial charge is 0.288 e. The lowest BCUT2D eigenvalue weighted by molar-refractivity contribution is -0.606. The number of nitrogens with zero attached hydrogens (tertiary/aromatic N) is 3. The summed E-state index contributed by atoms with van der Waals surface area (Å²) in [6, 6.07) is 1.20. The van der Waals surface area contributed by atoms with Crippen LogP contribution in [0.1, 0.15) is 5.56 Å². The van der Waals surface area contributed by atoms with Gasteiger partial charge in [0.05, 0.1) is 24.2 Å². The monoisotopic (exact) mass is 251 g/mol. The van der Waals surface area contributed by atoms with Crippen LogP contribution in [0, 0.1) is 15.3 Å². The summed E-state index contributed by atoms with van der Waals surface area (Å²) in [6.07, 6.45) is 5.64. The zero-order chi connectivity index (χ0) is 13.0. The lowest BCUT2D eigenvalue weighted by Crippen LogP contribution is -2.32. The average Bonchev–Trinajstić information content (AvgIpc) is 2.37. The minimum atomic E-state index is -0.501.